The van der Waals surface area contributed by atoms with Crippen LogP contribution in [0.2, 0.25) is 0 Å². The number of amides is 1. The summed E-state index contributed by atoms with van der Waals surface area (Å²) in [6.07, 6.45) is 2.74. The first-order chi connectivity index (χ1) is 14.9. The number of carbonyl (C=O) groups excluding carboxylic acids is 1. The molecule has 1 atom stereocenters. The zero-order valence-corrected chi connectivity index (χ0v) is 18.7. The van der Waals surface area contributed by atoms with Gasteiger partial charge < -0.3 is 15.2 Å². The number of carbonyl (C=O) groups is 1. The number of fused-ring (bicyclic) bond motifs is 1. The van der Waals surface area contributed by atoms with Gasteiger partial charge in [0.15, 0.2) is 0 Å². The second-order valence-corrected chi connectivity index (χ2v) is 8.84. The fourth-order valence-electron chi connectivity index (χ4n) is 4.02. The topological polar surface area (TPSA) is 103 Å². The van der Waals surface area contributed by atoms with Crippen LogP contribution in [0.15, 0.2) is 34.0 Å². The van der Waals surface area contributed by atoms with E-state index in [0.717, 1.165) is 36.6 Å². The van der Waals surface area contributed by atoms with Crippen molar-refractivity contribution in [1.82, 2.24) is 24.8 Å². The Morgan fingerprint density at radius 2 is 2.19 bits per heavy atom. The maximum atomic E-state index is 12.5. The van der Waals surface area contributed by atoms with Crippen LogP contribution in [0.3, 0.4) is 0 Å². The van der Waals surface area contributed by atoms with Gasteiger partial charge in [0.25, 0.3) is 11.5 Å². The largest absolute Gasteiger partial charge is 0.369 e. The molecule has 0 radical (unpaired) electrons. The Kier molecular flexibility index (Phi) is 5.92. The van der Waals surface area contributed by atoms with Crippen molar-refractivity contribution in [3.05, 3.63) is 55.8 Å². The lowest BCUT2D eigenvalue weighted by atomic mass is 10.2. The quantitative estimate of drug-likeness (QED) is 0.595. The van der Waals surface area contributed by atoms with Gasteiger partial charge in [-0.1, -0.05) is 0 Å². The van der Waals surface area contributed by atoms with Crippen molar-refractivity contribution in [2.24, 2.45) is 0 Å². The van der Waals surface area contributed by atoms with E-state index in [-0.39, 0.29) is 17.2 Å². The first kappa shape index (κ1) is 21.3. The van der Waals surface area contributed by atoms with Crippen LogP contribution in [0, 0.1) is 0 Å². The molecule has 0 aliphatic carbocycles. The predicted molar refractivity (Wildman–Crippen MR) is 122 cm³/mol. The highest BCUT2D eigenvalue weighted by molar-refractivity contribution is 7.18. The molecule has 0 saturated carbocycles. The number of thiophene rings is 1. The van der Waals surface area contributed by atoms with E-state index in [1.165, 1.54) is 15.9 Å². The van der Waals surface area contributed by atoms with Gasteiger partial charge in [-0.05, 0) is 31.5 Å². The van der Waals surface area contributed by atoms with Crippen molar-refractivity contribution >= 4 is 33.1 Å². The van der Waals surface area contributed by atoms with Gasteiger partial charge in [0.1, 0.15) is 10.4 Å². The van der Waals surface area contributed by atoms with E-state index in [9.17, 15) is 14.4 Å². The molecular weight excluding hydrogens is 416 g/mol. The van der Waals surface area contributed by atoms with Gasteiger partial charge in [0, 0.05) is 51.2 Å². The van der Waals surface area contributed by atoms with Gasteiger partial charge in [-0.15, -0.1) is 11.3 Å². The van der Waals surface area contributed by atoms with E-state index >= 15 is 0 Å². The molecule has 1 aliphatic heterocycles. The summed E-state index contributed by atoms with van der Waals surface area (Å²) in [6, 6.07) is 5.90. The fraction of sp³-hybridized carbons (Fsp3) is 0.429. The van der Waals surface area contributed by atoms with E-state index < -0.39 is 0 Å². The van der Waals surface area contributed by atoms with Crippen LogP contribution in [-0.4, -0.2) is 58.6 Å². The molecule has 10 heteroatoms. The average Bonchev–Trinajstić information content (AvgIpc) is 3.40. The van der Waals surface area contributed by atoms with E-state index in [1.54, 1.807) is 26.2 Å². The molecule has 2 N–H and O–H groups in total. The van der Waals surface area contributed by atoms with Crippen LogP contribution in [-0.2, 0) is 13.1 Å². The van der Waals surface area contributed by atoms with Crippen LogP contribution in [0.25, 0.3) is 10.2 Å². The van der Waals surface area contributed by atoms with Gasteiger partial charge >= 0.3 is 5.69 Å². The summed E-state index contributed by atoms with van der Waals surface area (Å²) >= 11 is 1.45. The van der Waals surface area contributed by atoms with Gasteiger partial charge in [-0.3, -0.25) is 19.1 Å². The van der Waals surface area contributed by atoms with Gasteiger partial charge in [0.05, 0.1) is 17.4 Å². The maximum absolute atomic E-state index is 12.5. The number of aromatic nitrogens is 3. The van der Waals surface area contributed by atoms with Crippen molar-refractivity contribution in [3.63, 3.8) is 0 Å². The predicted octanol–water partition coefficient (Wildman–Crippen LogP) is 1.24. The maximum Gasteiger partial charge on any atom is 0.328 e. The molecule has 0 bridgehead atoms. The molecule has 0 aromatic carbocycles. The standard InChI is InChI=1S/C21H26N6O3S/c1-4-27-20(29)18-17(24-21(27)30)9-15(31-18)12-26-8-7-14(11-26)25(3)13-5-6-16(23-10-13)19(28)22-2/h5-6,9-10,14H,4,7-8,11-12H2,1-3H3,(H,22,28)(H,24,30). The minimum Gasteiger partial charge on any atom is -0.369 e. The molecule has 164 valence electrons. The highest BCUT2D eigenvalue weighted by Gasteiger charge is 2.27. The minimum atomic E-state index is -0.358. The molecule has 0 spiro atoms. The van der Waals surface area contributed by atoms with Crippen molar-refractivity contribution in [2.75, 3.05) is 32.1 Å². The summed E-state index contributed by atoms with van der Waals surface area (Å²) < 4.78 is 1.83. The zero-order valence-electron chi connectivity index (χ0n) is 17.8. The van der Waals surface area contributed by atoms with E-state index in [2.05, 4.69) is 25.1 Å². The Hall–Kier alpha value is -2.98. The lowest BCUT2D eigenvalue weighted by Gasteiger charge is -2.26. The third kappa shape index (κ3) is 4.13. The molecule has 1 saturated heterocycles. The SMILES string of the molecule is CCn1c(=O)[nH]c2cc(CN3CCC(N(C)c4ccc(C(=O)NC)nc4)C3)sc2c1=O. The van der Waals surface area contributed by atoms with Crippen LogP contribution < -0.4 is 21.5 Å². The Morgan fingerprint density at radius 3 is 2.87 bits per heavy atom. The van der Waals surface area contributed by atoms with Crippen molar-refractivity contribution in [3.8, 4) is 0 Å². The third-order valence-electron chi connectivity index (χ3n) is 5.81. The summed E-state index contributed by atoms with van der Waals surface area (Å²) in [5.41, 5.74) is 1.42. The first-order valence-electron chi connectivity index (χ1n) is 10.3. The lowest BCUT2D eigenvalue weighted by Crippen LogP contribution is -2.34. The zero-order chi connectivity index (χ0) is 22.1. The molecule has 3 aromatic rings. The molecule has 9 nitrogen and oxygen atoms in total. The van der Waals surface area contributed by atoms with Gasteiger partial charge in [0.2, 0.25) is 0 Å². The number of nitrogens with zero attached hydrogens (tertiary/aromatic N) is 4. The fourth-order valence-corrected chi connectivity index (χ4v) is 5.12. The molecule has 4 heterocycles. The van der Waals surface area contributed by atoms with Crippen molar-refractivity contribution in [1.29, 1.82) is 0 Å². The number of likely N-dealkylation sites (N-methyl/N-ethyl adjacent to an activating group) is 1. The number of hydrogen-bond donors (Lipinski definition) is 2. The molecular formula is C21H26N6O3S. The van der Waals surface area contributed by atoms with E-state index in [0.29, 0.717) is 28.5 Å². The number of anilines is 1. The second-order valence-electron chi connectivity index (χ2n) is 7.70. The Labute approximate surface area is 183 Å². The Morgan fingerprint density at radius 1 is 1.39 bits per heavy atom. The molecule has 1 fully saturated rings. The van der Waals surface area contributed by atoms with Crippen molar-refractivity contribution < 1.29 is 4.79 Å². The van der Waals surface area contributed by atoms with Crippen LogP contribution in [0.5, 0.6) is 0 Å². The van der Waals surface area contributed by atoms with E-state index in [1.807, 2.05) is 19.2 Å². The molecule has 3 aromatic heterocycles. The third-order valence-corrected chi connectivity index (χ3v) is 6.92. The molecule has 1 aliphatic rings. The van der Waals surface area contributed by atoms with E-state index in [4.69, 9.17) is 0 Å². The summed E-state index contributed by atoms with van der Waals surface area (Å²) in [5, 5.41) is 2.58. The normalized spacial score (nSPS) is 16.7. The molecule has 1 amide bonds. The summed E-state index contributed by atoms with van der Waals surface area (Å²) in [5.74, 6) is -0.198. The Balaban J connectivity index is 1.44. The number of H-pyrrole nitrogens is 1. The van der Waals surface area contributed by atoms with Crippen LogP contribution in [0.1, 0.15) is 28.7 Å². The monoisotopic (exact) mass is 442 g/mol. The van der Waals surface area contributed by atoms with Gasteiger partial charge in [-0.25, -0.2) is 9.78 Å². The number of nitrogens with one attached hydrogen (secondary N) is 2. The number of pyridine rings is 1. The highest BCUT2D eigenvalue weighted by atomic mass is 32.1. The first-order valence-corrected chi connectivity index (χ1v) is 11.1. The average molecular weight is 443 g/mol. The Bertz CT molecular complexity index is 1210. The smallest absolute Gasteiger partial charge is 0.328 e. The summed E-state index contributed by atoms with van der Waals surface area (Å²) in [4.78, 5) is 48.9. The molecule has 31 heavy (non-hydrogen) atoms. The molecule has 4 rings (SSSR count). The number of hydrogen-bond acceptors (Lipinski definition) is 7. The number of rotatable bonds is 6. The van der Waals surface area contributed by atoms with Crippen LogP contribution >= 0.6 is 11.3 Å². The number of likely N-dealkylation sites (tertiary alicyclic amines) is 1. The molecule has 1 unspecified atom stereocenters. The lowest BCUT2D eigenvalue weighted by molar-refractivity contribution is 0.0958. The summed E-state index contributed by atoms with van der Waals surface area (Å²) in [7, 11) is 3.63. The summed E-state index contributed by atoms with van der Waals surface area (Å²) in [6.45, 7) is 4.72. The van der Waals surface area contributed by atoms with Crippen LogP contribution in [0.4, 0.5) is 5.69 Å². The van der Waals surface area contributed by atoms with Gasteiger partial charge in [-0.2, -0.15) is 0 Å². The van der Waals surface area contributed by atoms with Crippen molar-refractivity contribution in [2.45, 2.75) is 32.5 Å². The number of aromatic amines is 1. The second kappa shape index (κ2) is 8.64. The highest BCUT2D eigenvalue weighted by Crippen LogP contribution is 2.26. The minimum absolute atomic E-state index is 0.198.